The highest BCUT2D eigenvalue weighted by atomic mass is 15.5. The van der Waals surface area contributed by atoms with Gasteiger partial charge in [-0.3, -0.25) is 10.4 Å². The molecule has 2 fully saturated rings. The fourth-order valence-corrected chi connectivity index (χ4v) is 5.35. The largest absolute Gasteiger partial charge is 0.278 e. The molecule has 1 spiro atoms. The van der Waals surface area contributed by atoms with Gasteiger partial charge < -0.3 is 0 Å². The molecule has 29 heavy (non-hydrogen) atoms. The molecule has 150 valence electrons. The Morgan fingerprint density at radius 1 is 0.897 bits per heavy atom. The number of rotatable bonds is 3. The zero-order chi connectivity index (χ0) is 19.5. The third-order valence-corrected chi connectivity index (χ3v) is 6.81. The molecular formula is C25H30N4. The molecule has 0 aromatic heterocycles. The molecule has 1 heterocycles. The lowest BCUT2D eigenvalue weighted by atomic mass is 9.69. The molecule has 5 rings (SSSR count). The molecule has 3 aliphatic rings. The summed E-state index contributed by atoms with van der Waals surface area (Å²) >= 11 is 0. The fraction of sp³-hybridized carbons (Fsp3) is 0.440. The third kappa shape index (κ3) is 3.57. The molecule has 0 radical (unpaired) electrons. The highest BCUT2D eigenvalue weighted by Gasteiger charge is 2.49. The van der Waals surface area contributed by atoms with Gasteiger partial charge in [-0.05, 0) is 69.2 Å². The first kappa shape index (κ1) is 18.4. The van der Waals surface area contributed by atoms with E-state index in [1.165, 1.54) is 49.2 Å². The Morgan fingerprint density at radius 2 is 1.66 bits per heavy atom. The van der Waals surface area contributed by atoms with Gasteiger partial charge in [0.2, 0.25) is 0 Å². The number of benzene rings is 2. The molecule has 2 aromatic carbocycles. The maximum absolute atomic E-state index is 5.30. The van der Waals surface area contributed by atoms with Crippen molar-refractivity contribution in [1.82, 2.24) is 0 Å². The van der Waals surface area contributed by atoms with E-state index in [-0.39, 0.29) is 5.54 Å². The second-order valence-electron chi connectivity index (χ2n) is 8.66. The van der Waals surface area contributed by atoms with Gasteiger partial charge in [-0.25, -0.2) is 0 Å². The Bertz CT molecular complexity index is 890. The van der Waals surface area contributed by atoms with Gasteiger partial charge in [0.15, 0.2) is 0 Å². The second kappa shape index (κ2) is 8.02. The van der Waals surface area contributed by atoms with E-state index in [1.807, 2.05) is 6.07 Å². The first-order chi connectivity index (χ1) is 14.4. The third-order valence-electron chi connectivity index (χ3n) is 6.81. The van der Waals surface area contributed by atoms with Crippen LogP contribution in [0.5, 0.6) is 0 Å². The van der Waals surface area contributed by atoms with E-state index in [2.05, 4.69) is 65.0 Å². The number of para-hydroxylation sites is 2. The molecule has 1 aliphatic heterocycles. The van der Waals surface area contributed by atoms with E-state index in [0.717, 1.165) is 31.4 Å². The molecule has 0 saturated heterocycles. The van der Waals surface area contributed by atoms with Gasteiger partial charge in [-0.2, -0.15) is 10.2 Å². The van der Waals surface area contributed by atoms with Gasteiger partial charge in [0.1, 0.15) is 5.54 Å². The van der Waals surface area contributed by atoms with Crippen molar-refractivity contribution in [3.8, 4) is 0 Å². The van der Waals surface area contributed by atoms with Crippen molar-refractivity contribution in [3.05, 3.63) is 60.7 Å². The van der Waals surface area contributed by atoms with Crippen LogP contribution in [0.2, 0.25) is 0 Å². The van der Waals surface area contributed by atoms with Crippen LogP contribution in [0.1, 0.15) is 57.8 Å². The normalized spacial score (nSPS) is 28.1. The summed E-state index contributed by atoms with van der Waals surface area (Å²) in [7, 11) is 0. The van der Waals surface area contributed by atoms with E-state index < -0.39 is 0 Å². The summed E-state index contributed by atoms with van der Waals surface area (Å²) in [6.07, 6.45) is 10.8. The molecule has 1 N–H and O–H groups in total. The summed E-state index contributed by atoms with van der Waals surface area (Å²) in [6.45, 7) is 0. The summed E-state index contributed by atoms with van der Waals surface area (Å²) in [4.78, 5) is 0. The Hall–Kier alpha value is -2.62. The SMILES string of the molecule is c1ccc(N/N=C2/CCCC[C@@]23C[C@H]2CCCCC2=NN3c2ccccc2)cc1. The van der Waals surface area contributed by atoms with Gasteiger partial charge in [-0.15, -0.1) is 0 Å². The van der Waals surface area contributed by atoms with E-state index in [1.54, 1.807) is 0 Å². The molecule has 4 heteroatoms. The van der Waals surface area contributed by atoms with Gasteiger partial charge in [0.05, 0.1) is 17.1 Å². The average Bonchev–Trinajstić information content (AvgIpc) is 2.79. The van der Waals surface area contributed by atoms with Crippen LogP contribution in [-0.4, -0.2) is 17.0 Å². The maximum atomic E-state index is 5.30. The number of nitrogens with one attached hydrogen (secondary N) is 1. The monoisotopic (exact) mass is 386 g/mol. The van der Waals surface area contributed by atoms with Crippen LogP contribution in [0.15, 0.2) is 70.9 Å². The molecule has 0 amide bonds. The lowest BCUT2D eigenvalue weighted by molar-refractivity contribution is 0.323. The van der Waals surface area contributed by atoms with Crippen molar-refractivity contribution in [1.29, 1.82) is 0 Å². The van der Waals surface area contributed by atoms with Gasteiger partial charge in [0.25, 0.3) is 0 Å². The van der Waals surface area contributed by atoms with Gasteiger partial charge in [0, 0.05) is 11.6 Å². The van der Waals surface area contributed by atoms with Crippen molar-refractivity contribution in [2.45, 2.75) is 63.3 Å². The average molecular weight is 387 g/mol. The molecule has 2 aliphatic carbocycles. The molecule has 2 saturated carbocycles. The van der Waals surface area contributed by atoms with Crippen LogP contribution < -0.4 is 10.4 Å². The molecule has 4 nitrogen and oxygen atoms in total. The number of hydrazone groups is 2. The maximum Gasteiger partial charge on any atom is 0.104 e. The standard InChI is InChI=1S/C25H30N4/c1-3-12-21(13-4-1)26-27-24-17-9-10-18-25(24)19-20-11-7-8-16-23(20)28-29(25)22-14-5-2-6-15-22/h1-6,12-15,20,26H,7-11,16-19H2/b27-24-/t20-,25-/m1/s1. The lowest BCUT2D eigenvalue weighted by Gasteiger charge is -2.51. The summed E-state index contributed by atoms with van der Waals surface area (Å²) in [5.74, 6) is 0.615. The zero-order valence-electron chi connectivity index (χ0n) is 17.1. The van der Waals surface area contributed by atoms with Gasteiger partial charge >= 0.3 is 0 Å². The Kier molecular flexibility index (Phi) is 5.09. The molecule has 2 atom stereocenters. The summed E-state index contributed by atoms with van der Waals surface area (Å²) < 4.78 is 0. The van der Waals surface area contributed by atoms with E-state index in [4.69, 9.17) is 10.2 Å². The summed E-state index contributed by atoms with van der Waals surface area (Å²) in [5, 5.41) is 12.6. The first-order valence-corrected chi connectivity index (χ1v) is 11.2. The molecule has 0 unspecified atom stereocenters. The summed E-state index contributed by atoms with van der Waals surface area (Å²) in [6, 6.07) is 21.0. The van der Waals surface area contributed by atoms with Crippen molar-refractivity contribution < 1.29 is 0 Å². The highest BCUT2D eigenvalue weighted by molar-refractivity contribution is 6.01. The highest BCUT2D eigenvalue weighted by Crippen LogP contribution is 2.45. The van der Waals surface area contributed by atoms with E-state index >= 15 is 0 Å². The minimum Gasteiger partial charge on any atom is -0.278 e. The van der Waals surface area contributed by atoms with Crippen molar-refractivity contribution in [3.63, 3.8) is 0 Å². The Balaban J connectivity index is 1.56. The smallest absolute Gasteiger partial charge is 0.104 e. The number of fused-ring (bicyclic) bond motifs is 1. The van der Waals surface area contributed by atoms with Gasteiger partial charge in [-0.1, -0.05) is 49.2 Å². The van der Waals surface area contributed by atoms with Crippen LogP contribution in [0.4, 0.5) is 11.4 Å². The van der Waals surface area contributed by atoms with E-state index in [0.29, 0.717) is 5.92 Å². The Morgan fingerprint density at radius 3 is 2.48 bits per heavy atom. The summed E-state index contributed by atoms with van der Waals surface area (Å²) in [5.41, 5.74) is 8.15. The molecule has 0 bridgehead atoms. The lowest BCUT2D eigenvalue weighted by Crippen LogP contribution is -2.59. The number of hydrogen-bond donors (Lipinski definition) is 1. The van der Waals surface area contributed by atoms with Crippen LogP contribution in [0, 0.1) is 5.92 Å². The topological polar surface area (TPSA) is 40.0 Å². The number of anilines is 2. The minimum absolute atomic E-state index is 0.104. The number of hydrogen-bond acceptors (Lipinski definition) is 4. The van der Waals surface area contributed by atoms with Crippen molar-refractivity contribution in [2.75, 3.05) is 10.4 Å². The van der Waals surface area contributed by atoms with Crippen LogP contribution in [0.3, 0.4) is 0 Å². The fourth-order valence-electron chi connectivity index (χ4n) is 5.35. The van der Waals surface area contributed by atoms with Crippen LogP contribution >= 0.6 is 0 Å². The first-order valence-electron chi connectivity index (χ1n) is 11.2. The van der Waals surface area contributed by atoms with Crippen LogP contribution in [0.25, 0.3) is 0 Å². The predicted octanol–water partition coefficient (Wildman–Crippen LogP) is 6.22. The molecule has 2 aromatic rings. The van der Waals surface area contributed by atoms with E-state index in [9.17, 15) is 0 Å². The zero-order valence-corrected chi connectivity index (χ0v) is 17.1. The quantitative estimate of drug-likeness (QED) is 0.636. The number of nitrogens with zero attached hydrogens (tertiary/aromatic N) is 3. The Labute approximate surface area is 173 Å². The minimum atomic E-state index is -0.104. The van der Waals surface area contributed by atoms with Crippen LogP contribution in [-0.2, 0) is 0 Å². The van der Waals surface area contributed by atoms with Crippen molar-refractivity contribution >= 4 is 22.8 Å². The predicted molar refractivity (Wildman–Crippen MR) is 122 cm³/mol. The second-order valence-corrected chi connectivity index (χ2v) is 8.66. The molecular weight excluding hydrogens is 356 g/mol. The van der Waals surface area contributed by atoms with Crippen molar-refractivity contribution in [2.24, 2.45) is 16.1 Å².